The molecule has 0 aliphatic heterocycles. The van der Waals surface area contributed by atoms with Gasteiger partial charge in [-0.2, -0.15) is 0 Å². The van der Waals surface area contributed by atoms with Crippen LogP contribution in [0.5, 0.6) is 0 Å². The number of nitrogens with one attached hydrogen (secondary N) is 1. The van der Waals surface area contributed by atoms with Crippen LogP contribution in [0.15, 0.2) is 18.2 Å². The van der Waals surface area contributed by atoms with E-state index in [4.69, 9.17) is 29.6 Å². The fourth-order valence-electron chi connectivity index (χ4n) is 4.60. The molecule has 21 heavy (non-hydrogen) atoms. The highest BCUT2D eigenvalue weighted by Crippen LogP contribution is 2.63. The molecule has 2 nitrogen and oxygen atoms in total. The zero-order valence-electron chi connectivity index (χ0n) is 12.9. The normalized spacial score (nSPS) is 33.1. The first kappa shape index (κ1) is 15.1. The minimum absolute atomic E-state index is 0.304. The predicted molar refractivity (Wildman–Crippen MR) is 94.0 cm³/mol. The highest BCUT2D eigenvalue weighted by Gasteiger charge is 2.59. The van der Waals surface area contributed by atoms with Crippen LogP contribution in [0.3, 0.4) is 0 Å². The number of hydrogen-bond acceptors (Lipinski definition) is 2. The molecule has 2 fully saturated rings. The van der Waals surface area contributed by atoms with Crippen molar-refractivity contribution in [2.24, 2.45) is 22.5 Å². The lowest BCUT2D eigenvalue weighted by Crippen LogP contribution is -2.45. The van der Waals surface area contributed by atoms with E-state index in [-0.39, 0.29) is 0 Å². The summed E-state index contributed by atoms with van der Waals surface area (Å²) in [5.74, 6) is 0.815. The fourth-order valence-corrected chi connectivity index (χ4v) is 4.97. The standard InChI is InChI=1S/C17H23ClN2S/c1-16(2)11-6-7-17(3,9-11)15(16)20-13-5-4-10(14(19)21)8-12(13)18/h4-5,8,11,15,20H,6-7,9H2,1-3H3,(H2,19,21). The van der Waals surface area contributed by atoms with Gasteiger partial charge in [0.15, 0.2) is 0 Å². The second-order valence-electron chi connectivity index (χ2n) is 7.55. The predicted octanol–water partition coefficient (Wildman–Crippen LogP) is 4.60. The maximum Gasteiger partial charge on any atom is 0.104 e. The first-order chi connectivity index (χ1) is 9.74. The van der Waals surface area contributed by atoms with Crippen LogP contribution in [0.1, 0.15) is 45.6 Å². The van der Waals surface area contributed by atoms with Crippen LogP contribution in [-0.4, -0.2) is 11.0 Å². The number of thiocarbonyl (C=S) groups is 1. The summed E-state index contributed by atoms with van der Waals surface area (Å²) < 4.78 is 0. The quantitative estimate of drug-likeness (QED) is 0.799. The molecule has 2 aliphatic rings. The smallest absolute Gasteiger partial charge is 0.104 e. The third kappa shape index (κ3) is 2.35. The molecule has 3 unspecified atom stereocenters. The molecule has 0 radical (unpaired) electrons. The third-order valence-electron chi connectivity index (χ3n) is 5.82. The van der Waals surface area contributed by atoms with Crippen LogP contribution in [0.25, 0.3) is 0 Å². The van der Waals surface area contributed by atoms with E-state index >= 15 is 0 Å². The van der Waals surface area contributed by atoms with Crippen molar-refractivity contribution in [2.45, 2.75) is 46.1 Å². The van der Waals surface area contributed by atoms with Gasteiger partial charge in [-0.15, -0.1) is 0 Å². The maximum absolute atomic E-state index is 6.41. The molecule has 3 atom stereocenters. The van der Waals surface area contributed by atoms with Gasteiger partial charge in [0.2, 0.25) is 0 Å². The molecule has 2 bridgehead atoms. The minimum atomic E-state index is 0.304. The zero-order chi connectivity index (χ0) is 15.4. The molecule has 2 saturated carbocycles. The van der Waals surface area contributed by atoms with E-state index in [0.29, 0.717) is 26.9 Å². The first-order valence-corrected chi connectivity index (χ1v) is 8.38. The van der Waals surface area contributed by atoms with Crippen LogP contribution in [0.4, 0.5) is 5.69 Å². The van der Waals surface area contributed by atoms with Crippen LogP contribution in [0, 0.1) is 16.7 Å². The summed E-state index contributed by atoms with van der Waals surface area (Å²) in [4.78, 5) is 0.385. The topological polar surface area (TPSA) is 38.0 Å². The van der Waals surface area contributed by atoms with Gasteiger partial charge in [-0.25, -0.2) is 0 Å². The lowest BCUT2D eigenvalue weighted by atomic mass is 9.68. The van der Waals surface area contributed by atoms with E-state index < -0.39 is 0 Å². The number of benzene rings is 1. The molecule has 3 rings (SSSR count). The summed E-state index contributed by atoms with van der Waals surface area (Å²) in [6.07, 6.45) is 3.98. The Morgan fingerprint density at radius 3 is 2.62 bits per heavy atom. The lowest BCUT2D eigenvalue weighted by Gasteiger charge is -2.43. The van der Waals surface area contributed by atoms with Gasteiger partial charge in [-0.05, 0) is 54.2 Å². The fraction of sp³-hybridized carbons (Fsp3) is 0.588. The lowest BCUT2D eigenvalue weighted by molar-refractivity contribution is 0.155. The molecule has 0 heterocycles. The first-order valence-electron chi connectivity index (χ1n) is 7.60. The Labute approximate surface area is 137 Å². The van der Waals surface area contributed by atoms with Crippen LogP contribution in [-0.2, 0) is 0 Å². The van der Waals surface area contributed by atoms with E-state index in [1.165, 1.54) is 19.3 Å². The van der Waals surface area contributed by atoms with Gasteiger partial charge < -0.3 is 11.1 Å². The van der Waals surface area contributed by atoms with E-state index in [1.807, 2.05) is 18.2 Å². The molecule has 4 heteroatoms. The zero-order valence-corrected chi connectivity index (χ0v) is 14.4. The van der Waals surface area contributed by atoms with Crippen molar-refractivity contribution in [1.29, 1.82) is 0 Å². The molecule has 1 aromatic carbocycles. The number of hydrogen-bond donors (Lipinski definition) is 2. The van der Waals surface area contributed by atoms with Gasteiger partial charge in [0.25, 0.3) is 0 Å². The van der Waals surface area contributed by atoms with Crippen molar-refractivity contribution < 1.29 is 0 Å². The number of nitrogens with two attached hydrogens (primary N) is 1. The van der Waals surface area contributed by atoms with Gasteiger partial charge in [0.1, 0.15) is 4.99 Å². The van der Waals surface area contributed by atoms with Crippen molar-refractivity contribution in [3.05, 3.63) is 28.8 Å². The monoisotopic (exact) mass is 322 g/mol. The second-order valence-corrected chi connectivity index (χ2v) is 8.40. The Bertz CT molecular complexity index is 594. The minimum Gasteiger partial charge on any atom is -0.389 e. The average Bonchev–Trinajstić information content (AvgIpc) is 2.87. The van der Waals surface area contributed by atoms with Crippen molar-refractivity contribution in [3.63, 3.8) is 0 Å². The molecule has 114 valence electrons. The summed E-state index contributed by atoms with van der Waals surface area (Å²) in [5.41, 5.74) is 8.15. The second kappa shape index (κ2) is 4.85. The van der Waals surface area contributed by atoms with E-state index in [9.17, 15) is 0 Å². The number of anilines is 1. The highest BCUT2D eigenvalue weighted by molar-refractivity contribution is 7.80. The molecule has 0 amide bonds. The summed E-state index contributed by atoms with van der Waals surface area (Å²) in [7, 11) is 0. The van der Waals surface area contributed by atoms with Gasteiger partial charge in [0, 0.05) is 11.6 Å². The van der Waals surface area contributed by atoms with Crippen LogP contribution in [0.2, 0.25) is 5.02 Å². The third-order valence-corrected chi connectivity index (χ3v) is 6.37. The molecule has 2 aliphatic carbocycles. The van der Waals surface area contributed by atoms with Crippen molar-refractivity contribution >= 4 is 34.5 Å². The van der Waals surface area contributed by atoms with Gasteiger partial charge in [-0.3, -0.25) is 0 Å². The number of halogens is 1. The van der Waals surface area contributed by atoms with Gasteiger partial charge in [0.05, 0.1) is 10.7 Å². The number of rotatable bonds is 3. The summed E-state index contributed by atoms with van der Waals surface area (Å²) >= 11 is 11.4. The van der Waals surface area contributed by atoms with Crippen molar-refractivity contribution in [2.75, 3.05) is 5.32 Å². The van der Waals surface area contributed by atoms with Crippen molar-refractivity contribution in [3.8, 4) is 0 Å². The average molecular weight is 323 g/mol. The molecule has 0 spiro atoms. The summed E-state index contributed by atoms with van der Waals surface area (Å²) in [5, 5.41) is 4.42. The Morgan fingerprint density at radius 1 is 1.38 bits per heavy atom. The van der Waals surface area contributed by atoms with Crippen LogP contribution < -0.4 is 11.1 Å². The van der Waals surface area contributed by atoms with Crippen LogP contribution >= 0.6 is 23.8 Å². The molecular weight excluding hydrogens is 300 g/mol. The summed E-state index contributed by atoms with van der Waals surface area (Å²) in [6.45, 7) is 7.19. The Balaban J connectivity index is 1.88. The SMILES string of the molecule is CC12CCC(C1)C(C)(C)C2Nc1ccc(C(N)=S)cc1Cl. The van der Waals surface area contributed by atoms with Gasteiger partial charge >= 0.3 is 0 Å². The largest absolute Gasteiger partial charge is 0.389 e. The Hall–Kier alpha value is -0.800. The maximum atomic E-state index is 6.41. The van der Waals surface area contributed by atoms with Crippen molar-refractivity contribution in [1.82, 2.24) is 0 Å². The van der Waals surface area contributed by atoms with Gasteiger partial charge in [-0.1, -0.05) is 44.6 Å². The molecule has 1 aromatic rings. The van der Waals surface area contributed by atoms with E-state index in [0.717, 1.165) is 17.2 Å². The summed E-state index contributed by atoms with van der Waals surface area (Å²) in [6, 6.07) is 6.26. The van der Waals surface area contributed by atoms with E-state index in [2.05, 4.69) is 26.1 Å². The van der Waals surface area contributed by atoms with E-state index in [1.54, 1.807) is 0 Å². The highest BCUT2D eigenvalue weighted by atomic mass is 35.5. The Morgan fingerprint density at radius 2 is 2.10 bits per heavy atom. The number of fused-ring (bicyclic) bond motifs is 2. The molecule has 0 aromatic heterocycles. The Kier molecular flexibility index (Phi) is 3.49. The molecule has 3 N–H and O–H groups in total. The molecule has 0 saturated heterocycles. The molecular formula is C17H23ClN2S.